The Morgan fingerprint density at radius 2 is 1.78 bits per heavy atom. The van der Waals surface area contributed by atoms with Gasteiger partial charge in [0, 0.05) is 26.2 Å². The summed E-state index contributed by atoms with van der Waals surface area (Å²) in [6.45, 7) is 1.72. The van der Waals surface area contributed by atoms with E-state index in [9.17, 15) is 22.8 Å². The van der Waals surface area contributed by atoms with Crippen LogP contribution in [0.5, 0.6) is 0 Å². The number of nitrogens with zero attached hydrogens (tertiary/aromatic N) is 2. The van der Waals surface area contributed by atoms with E-state index in [1.807, 2.05) is 0 Å². The molecule has 6 nitrogen and oxygen atoms in total. The first kappa shape index (κ1) is 19.0. The smallest absolute Gasteiger partial charge is 0.418 e. The predicted molar refractivity (Wildman–Crippen MR) is 91.1 cm³/mol. The fourth-order valence-corrected chi connectivity index (χ4v) is 2.91. The zero-order chi connectivity index (χ0) is 19.4. The molecule has 2 heterocycles. The van der Waals surface area contributed by atoms with Crippen molar-refractivity contribution in [1.29, 1.82) is 0 Å². The molecule has 0 bridgehead atoms. The molecule has 1 aliphatic rings. The molecule has 9 heteroatoms. The molecule has 1 aliphatic heterocycles. The number of nitrogens with one attached hydrogen (secondary N) is 1. The Morgan fingerprint density at radius 1 is 1.07 bits per heavy atom. The molecule has 3 rings (SSSR count). The van der Waals surface area contributed by atoms with Gasteiger partial charge in [0.05, 0.1) is 29.6 Å². The molecule has 1 saturated heterocycles. The summed E-state index contributed by atoms with van der Waals surface area (Å²) < 4.78 is 43.9. The number of carbonyl (C=O) groups is 2. The second-order valence-electron chi connectivity index (χ2n) is 6.17. The van der Waals surface area contributed by atoms with Crippen molar-refractivity contribution in [2.45, 2.75) is 6.18 Å². The van der Waals surface area contributed by atoms with Gasteiger partial charge in [-0.15, -0.1) is 0 Å². The monoisotopic (exact) mass is 381 g/mol. The average Bonchev–Trinajstić information content (AvgIpc) is 3.16. The van der Waals surface area contributed by atoms with Crippen LogP contribution >= 0.6 is 0 Å². The highest BCUT2D eigenvalue weighted by Crippen LogP contribution is 2.34. The lowest BCUT2D eigenvalue weighted by atomic mass is 10.1. The fourth-order valence-electron chi connectivity index (χ4n) is 2.91. The first-order valence-corrected chi connectivity index (χ1v) is 8.34. The van der Waals surface area contributed by atoms with Gasteiger partial charge in [-0.3, -0.25) is 14.5 Å². The van der Waals surface area contributed by atoms with E-state index in [4.69, 9.17) is 4.42 Å². The highest BCUT2D eigenvalue weighted by molar-refractivity contribution is 5.94. The van der Waals surface area contributed by atoms with Crippen molar-refractivity contribution in [3.63, 3.8) is 0 Å². The van der Waals surface area contributed by atoms with Crippen molar-refractivity contribution in [3.8, 4) is 0 Å². The summed E-state index contributed by atoms with van der Waals surface area (Å²) in [7, 11) is 0. The van der Waals surface area contributed by atoms with Gasteiger partial charge in [0.15, 0.2) is 0 Å². The minimum absolute atomic E-state index is 0.0417. The number of benzene rings is 1. The standard InChI is InChI=1S/C18H18F3N3O3/c19-18(20,21)14-3-1-2-4-15(14)22-16(25)11-23-6-8-24(9-7-23)17(26)13-5-10-27-12-13/h1-5,10,12H,6-9,11H2,(H,22,25). The van der Waals surface area contributed by atoms with Crippen LogP contribution in [0, 0.1) is 0 Å². The fraction of sp³-hybridized carbons (Fsp3) is 0.333. The van der Waals surface area contributed by atoms with E-state index in [2.05, 4.69) is 5.32 Å². The molecule has 1 aromatic heterocycles. The zero-order valence-electron chi connectivity index (χ0n) is 14.3. The molecule has 0 aliphatic carbocycles. The van der Waals surface area contributed by atoms with Crippen molar-refractivity contribution in [2.24, 2.45) is 0 Å². The van der Waals surface area contributed by atoms with E-state index in [-0.39, 0.29) is 18.1 Å². The highest BCUT2D eigenvalue weighted by Gasteiger charge is 2.33. The second-order valence-corrected chi connectivity index (χ2v) is 6.17. The van der Waals surface area contributed by atoms with E-state index in [1.54, 1.807) is 15.9 Å². The lowest BCUT2D eigenvalue weighted by molar-refractivity contribution is -0.137. The van der Waals surface area contributed by atoms with Gasteiger partial charge >= 0.3 is 6.18 Å². The van der Waals surface area contributed by atoms with Gasteiger partial charge in [-0.05, 0) is 18.2 Å². The number of hydrogen-bond donors (Lipinski definition) is 1. The molecule has 0 saturated carbocycles. The zero-order valence-corrected chi connectivity index (χ0v) is 14.3. The summed E-state index contributed by atoms with van der Waals surface area (Å²) in [4.78, 5) is 27.8. The number of para-hydroxylation sites is 1. The van der Waals surface area contributed by atoms with Crippen LogP contribution in [-0.4, -0.2) is 54.3 Å². The number of furan rings is 1. The number of alkyl halides is 3. The summed E-state index contributed by atoms with van der Waals surface area (Å²) in [6, 6.07) is 6.44. The van der Waals surface area contributed by atoms with Gasteiger partial charge in [-0.2, -0.15) is 13.2 Å². The first-order valence-electron chi connectivity index (χ1n) is 8.34. The average molecular weight is 381 g/mol. The molecule has 1 fully saturated rings. The molecule has 0 unspecified atom stereocenters. The number of anilines is 1. The molecular formula is C18H18F3N3O3. The molecule has 2 amide bonds. The van der Waals surface area contributed by atoms with Crippen LogP contribution in [0.1, 0.15) is 15.9 Å². The van der Waals surface area contributed by atoms with E-state index >= 15 is 0 Å². The summed E-state index contributed by atoms with van der Waals surface area (Å²) in [6.07, 6.45) is -1.74. The Kier molecular flexibility index (Phi) is 5.50. The van der Waals surface area contributed by atoms with Crippen molar-refractivity contribution >= 4 is 17.5 Å². The molecular weight excluding hydrogens is 363 g/mol. The molecule has 2 aromatic rings. The highest BCUT2D eigenvalue weighted by atomic mass is 19.4. The van der Waals surface area contributed by atoms with Crippen LogP contribution in [0.2, 0.25) is 0 Å². The maximum absolute atomic E-state index is 13.0. The Hall–Kier alpha value is -2.81. The maximum atomic E-state index is 13.0. The van der Waals surface area contributed by atoms with Crippen molar-refractivity contribution in [1.82, 2.24) is 9.80 Å². The van der Waals surface area contributed by atoms with Gasteiger partial charge in [-0.1, -0.05) is 12.1 Å². The van der Waals surface area contributed by atoms with Crippen LogP contribution in [0.15, 0.2) is 47.3 Å². The summed E-state index contributed by atoms with van der Waals surface area (Å²) in [5, 5.41) is 2.33. The number of carbonyl (C=O) groups excluding carboxylic acids is 2. The Balaban J connectivity index is 1.53. The van der Waals surface area contributed by atoms with Gasteiger partial charge in [0.1, 0.15) is 6.26 Å². The van der Waals surface area contributed by atoms with E-state index in [1.165, 1.54) is 30.7 Å². The topological polar surface area (TPSA) is 65.8 Å². The maximum Gasteiger partial charge on any atom is 0.418 e. The Labute approximate surface area is 153 Å². The summed E-state index contributed by atoms with van der Waals surface area (Å²) in [5.74, 6) is -0.673. The van der Waals surface area contributed by atoms with Crippen LogP contribution in [0.4, 0.5) is 18.9 Å². The van der Waals surface area contributed by atoms with Crippen LogP contribution in [0.25, 0.3) is 0 Å². The van der Waals surface area contributed by atoms with E-state index in [0.717, 1.165) is 6.07 Å². The van der Waals surface area contributed by atoms with Gasteiger partial charge in [-0.25, -0.2) is 0 Å². The third-order valence-corrected chi connectivity index (χ3v) is 4.30. The van der Waals surface area contributed by atoms with Gasteiger partial charge in [0.2, 0.25) is 5.91 Å². The number of halogens is 3. The SMILES string of the molecule is O=C(CN1CCN(C(=O)c2ccoc2)CC1)Nc1ccccc1C(F)(F)F. The molecule has 1 aromatic carbocycles. The quantitative estimate of drug-likeness (QED) is 0.885. The minimum atomic E-state index is -4.54. The van der Waals surface area contributed by atoms with Crippen molar-refractivity contribution in [3.05, 3.63) is 54.0 Å². The van der Waals surface area contributed by atoms with Crippen LogP contribution < -0.4 is 5.32 Å². The molecule has 0 spiro atoms. The Morgan fingerprint density at radius 3 is 2.41 bits per heavy atom. The van der Waals surface area contributed by atoms with Crippen molar-refractivity contribution < 1.29 is 27.2 Å². The lowest BCUT2D eigenvalue weighted by Gasteiger charge is -2.34. The molecule has 144 valence electrons. The minimum Gasteiger partial charge on any atom is -0.472 e. The third kappa shape index (κ3) is 4.68. The van der Waals surface area contributed by atoms with Gasteiger partial charge < -0.3 is 14.6 Å². The molecule has 27 heavy (non-hydrogen) atoms. The first-order chi connectivity index (χ1) is 12.8. The molecule has 1 N–H and O–H groups in total. The largest absolute Gasteiger partial charge is 0.472 e. The van der Waals surface area contributed by atoms with E-state index in [0.29, 0.717) is 31.7 Å². The number of amides is 2. The third-order valence-electron chi connectivity index (χ3n) is 4.30. The second kappa shape index (κ2) is 7.83. The van der Waals surface area contributed by atoms with E-state index < -0.39 is 17.6 Å². The molecule has 0 radical (unpaired) electrons. The van der Waals surface area contributed by atoms with Crippen LogP contribution in [-0.2, 0) is 11.0 Å². The summed E-state index contributed by atoms with van der Waals surface area (Å²) >= 11 is 0. The van der Waals surface area contributed by atoms with Crippen molar-refractivity contribution in [2.75, 3.05) is 38.0 Å². The van der Waals surface area contributed by atoms with Gasteiger partial charge in [0.25, 0.3) is 5.91 Å². The Bertz CT molecular complexity index is 798. The van der Waals surface area contributed by atoms with Crippen LogP contribution in [0.3, 0.4) is 0 Å². The molecule has 0 atom stereocenters. The predicted octanol–water partition coefficient (Wildman–Crippen LogP) is 2.69. The normalized spacial score (nSPS) is 15.6. The number of rotatable bonds is 4. The summed E-state index contributed by atoms with van der Waals surface area (Å²) in [5.41, 5.74) is -0.678. The lowest BCUT2D eigenvalue weighted by Crippen LogP contribution is -2.50. The number of hydrogen-bond acceptors (Lipinski definition) is 4. The number of piperazine rings is 1.